The molecule has 0 radical (unpaired) electrons. The van der Waals surface area contributed by atoms with E-state index in [1.54, 1.807) is 0 Å². The molecular formula is C8H11F3N2O6S. The highest BCUT2D eigenvalue weighted by molar-refractivity contribution is 7.80. The maximum absolute atomic E-state index is 12.0. The van der Waals surface area contributed by atoms with Gasteiger partial charge in [0.2, 0.25) is 0 Å². The maximum atomic E-state index is 12.0. The molecule has 116 valence electrons. The summed E-state index contributed by atoms with van der Waals surface area (Å²) in [6, 6.07) is -2.37. The molecule has 0 aromatic carbocycles. The number of halogens is 3. The van der Waals surface area contributed by atoms with Crippen LogP contribution in [0.1, 0.15) is 12.8 Å². The van der Waals surface area contributed by atoms with Gasteiger partial charge in [0, 0.05) is 6.54 Å². The lowest BCUT2D eigenvalue weighted by Crippen LogP contribution is -2.43. The molecule has 12 heteroatoms. The molecule has 2 rings (SSSR count). The molecule has 0 aromatic heterocycles. The molecule has 2 aliphatic heterocycles. The molecule has 2 unspecified atom stereocenters. The normalized spacial score (nSPS) is 27.3. The molecule has 0 saturated carbocycles. The van der Waals surface area contributed by atoms with E-state index < -0.39 is 41.5 Å². The van der Waals surface area contributed by atoms with Gasteiger partial charge in [-0.2, -0.15) is 13.5 Å². The number of ether oxygens (including phenoxy) is 1. The highest BCUT2D eigenvalue weighted by Crippen LogP contribution is 2.31. The Bertz CT molecular complexity index is 495. The lowest BCUT2D eigenvalue weighted by atomic mass is 10.0. The summed E-state index contributed by atoms with van der Waals surface area (Å²) in [7, 11) is -4.86. The SMILES string of the molecule is O=C1N2CC(CCC2COC(F)(F)F)N1OS(=O)(=O)O. The Morgan fingerprint density at radius 3 is 2.55 bits per heavy atom. The number of nitrogens with zero attached hydrogens (tertiary/aromatic N) is 2. The zero-order valence-electron chi connectivity index (χ0n) is 9.91. The van der Waals surface area contributed by atoms with Crippen molar-refractivity contribution in [2.45, 2.75) is 31.3 Å². The molecule has 2 heterocycles. The van der Waals surface area contributed by atoms with Crippen LogP contribution < -0.4 is 0 Å². The van der Waals surface area contributed by atoms with Gasteiger partial charge in [-0.25, -0.2) is 4.79 Å². The van der Waals surface area contributed by atoms with E-state index in [4.69, 9.17) is 4.55 Å². The summed E-state index contributed by atoms with van der Waals surface area (Å²) < 4.78 is 73.5. The fraction of sp³-hybridized carbons (Fsp3) is 0.875. The Hall–Kier alpha value is -1.11. The van der Waals surface area contributed by atoms with Gasteiger partial charge in [-0.1, -0.05) is 0 Å². The Kier molecular flexibility index (Phi) is 3.83. The van der Waals surface area contributed by atoms with Crippen molar-refractivity contribution in [2.75, 3.05) is 13.2 Å². The van der Waals surface area contributed by atoms with Crippen molar-refractivity contribution >= 4 is 16.4 Å². The number of hydrogen-bond donors (Lipinski definition) is 1. The van der Waals surface area contributed by atoms with Crippen molar-refractivity contribution in [1.82, 2.24) is 9.96 Å². The Morgan fingerprint density at radius 1 is 1.35 bits per heavy atom. The van der Waals surface area contributed by atoms with Crippen LogP contribution in [0.5, 0.6) is 0 Å². The number of carbonyl (C=O) groups is 1. The Morgan fingerprint density at radius 2 is 2.00 bits per heavy atom. The fourth-order valence-electron chi connectivity index (χ4n) is 2.27. The third-order valence-electron chi connectivity index (χ3n) is 3.06. The second-order valence-electron chi connectivity index (χ2n) is 4.40. The van der Waals surface area contributed by atoms with E-state index >= 15 is 0 Å². The highest BCUT2D eigenvalue weighted by Gasteiger charge is 2.48. The number of piperidine rings is 1. The van der Waals surface area contributed by atoms with Gasteiger partial charge in [0.15, 0.2) is 0 Å². The third-order valence-corrected chi connectivity index (χ3v) is 3.41. The van der Waals surface area contributed by atoms with Crippen LogP contribution in [0.25, 0.3) is 0 Å². The third kappa shape index (κ3) is 3.50. The predicted molar refractivity (Wildman–Crippen MR) is 55.4 cm³/mol. The summed E-state index contributed by atoms with van der Waals surface area (Å²) in [5, 5.41) is 0.461. The second-order valence-corrected chi connectivity index (χ2v) is 5.41. The fourth-order valence-corrected chi connectivity index (χ4v) is 2.66. The van der Waals surface area contributed by atoms with Gasteiger partial charge in [-0.15, -0.1) is 17.5 Å². The molecule has 2 bridgehead atoms. The zero-order valence-corrected chi connectivity index (χ0v) is 10.7. The lowest BCUT2D eigenvalue weighted by molar-refractivity contribution is -0.328. The topological polar surface area (TPSA) is 96.4 Å². The van der Waals surface area contributed by atoms with E-state index in [9.17, 15) is 26.4 Å². The first-order valence-electron chi connectivity index (χ1n) is 5.54. The summed E-state index contributed by atoms with van der Waals surface area (Å²) in [6.45, 7) is -0.720. The number of urea groups is 1. The first-order valence-corrected chi connectivity index (χ1v) is 6.91. The van der Waals surface area contributed by atoms with Gasteiger partial charge >= 0.3 is 22.8 Å². The number of rotatable bonds is 4. The minimum Gasteiger partial charge on any atom is -0.315 e. The average molecular weight is 320 g/mol. The largest absolute Gasteiger partial charge is 0.522 e. The summed E-state index contributed by atoms with van der Waals surface area (Å²) >= 11 is 0. The summed E-state index contributed by atoms with van der Waals surface area (Å²) in [5.74, 6) is 0. The summed E-state index contributed by atoms with van der Waals surface area (Å²) in [5.41, 5.74) is 0. The smallest absolute Gasteiger partial charge is 0.315 e. The van der Waals surface area contributed by atoms with Crippen LogP contribution in [-0.4, -0.2) is 60.6 Å². The average Bonchev–Trinajstić information content (AvgIpc) is 2.51. The van der Waals surface area contributed by atoms with Crippen LogP contribution >= 0.6 is 0 Å². The van der Waals surface area contributed by atoms with Gasteiger partial charge in [-0.3, -0.25) is 9.29 Å². The molecule has 2 amide bonds. The number of hydrogen-bond acceptors (Lipinski definition) is 5. The molecule has 2 fully saturated rings. The summed E-state index contributed by atoms with van der Waals surface area (Å²) in [6.07, 6.45) is -4.36. The predicted octanol–water partition coefficient (Wildman–Crippen LogP) is 0.526. The zero-order chi connectivity index (χ0) is 15.1. The monoisotopic (exact) mass is 320 g/mol. The van der Waals surface area contributed by atoms with E-state index in [0.29, 0.717) is 5.06 Å². The minimum absolute atomic E-state index is 0.0141. The lowest BCUT2D eigenvalue weighted by Gasteiger charge is -2.30. The highest BCUT2D eigenvalue weighted by atomic mass is 32.3. The standard InChI is InChI=1S/C8H11F3N2O6S/c9-8(10,11)18-4-6-2-1-5-3-12(6)7(14)13(5)19-20(15,16)17/h5-6H,1-4H2,(H,15,16,17). The Balaban J connectivity index is 2.02. The summed E-state index contributed by atoms with van der Waals surface area (Å²) in [4.78, 5) is 12.8. The van der Waals surface area contributed by atoms with Crippen LogP contribution in [0.15, 0.2) is 0 Å². The van der Waals surface area contributed by atoms with Gasteiger partial charge < -0.3 is 4.90 Å². The van der Waals surface area contributed by atoms with E-state index in [2.05, 4.69) is 9.02 Å². The molecule has 0 aliphatic carbocycles. The van der Waals surface area contributed by atoms with Gasteiger partial charge in [0.05, 0.1) is 18.7 Å². The molecule has 8 nitrogen and oxygen atoms in total. The van der Waals surface area contributed by atoms with E-state index in [0.717, 1.165) is 4.90 Å². The number of carbonyl (C=O) groups excluding carboxylic acids is 1. The molecule has 2 saturated heterocycles. The molecule has 2 atom stereocenters. The van der Waals surface area contributed by atoms with E-state index in [1.165, 1.54) is 0 Å². The Labute approximate surface area is 111 Å². The molecular weight excluding hydrogens is 309 g/mol. The van der Waals surface area contributed by atoms with Gasteiger partial charge in [0.1, 0.15) is 0 Å². The first kappa shape index (κ1) is 15.3. The number of amides is 2. The molecule has 0 spiro atoms. The molecule has 1 N–H and O–H groups in total. The number of fused-ring (bicyclic) bond motifs is 2. The van der Waals surface area contributed by atoms with Crippen molar-refractivity contribution in [3.8, 4) is 0 Å². The number of hydroxylamine groups is 2. The van der Waals surface area contributed by atoms with Crippen molar-refractivity contribution < 1.29 is 40.0 Å². The van der Waals surface area contributed by atoms with Crippen LogP contribution in [0.4, 0.5) is 18.0 Å². The van der Waals surface area contributed by atoms with Crippen LogP contribution in [-0.2, 0) is 19.4 Å². The number of alkyl halides is 3. The first-order chi connectivity index (χ1) is 9.07. The maximum Gasteiger partial charge on any atom is 0.522 e. The second kappa shape index (κ2) is 5.02. The van der Waals surface area contributed by atoms with Gasteiger partial charge in [0.25, 0.3) is 0 Å². The van der Waals surface area contributed by atoms with Crippen molar-refractivity contribution in [1.29, 1.82) is 0 Å². The molecule has 0 aromatic rings. The van der Waals surface area contributed by atoms with Crippen LogP contribution in [0.2, 0.25) is 0 Å². The van der Waals surface area contributed by atoms with Crippen molar-refractivity contribution in [3.63, 3.8) is 0 Å². The van der Waals surface area contributed by atoms with Crippen LogP contribution in [0, 0.1) is 0 Å². The van der Waals surface area contributed by atoms with Crippen molar-refractivity contribution in [3.05, 3.63) is 0 Å². The molecule has 2 aliphatic rings. The minimum atomic E-state index is -4.86. The van der Waals surface area contributed by atoms with Crippen LogP contribution in [0.3, 0.4) is 0 Å². The van der Waals surface area contributed by atoms with Crippen molar-refractivity contribution in [2.24, 2.45) is 0 Å². The quantitative estimate of drug-likeness (QED) is 0.759. The van der Waals surface area contributed by atoms with Gasteiger partial charge in [-0.05, 0) is 12.8 Å². The van der Waals surface area contributed by atoms with E-state index in [-0.39, 0.29) is 19.4 Å². The molecule has 20 heavy (non-hydrogen) atoms. The van der Waals surface area contributed by atoms with E-state index in [1.807, 2.05) is 0 Å².